The fraction of sp³-hybridized carbons (Fsp3) is 0.429. The summed E-state index contributed by atoms with van der Waals surface area (Å²) in [5.74, 6) is 0.774. The molecule has 1 aliphatic carbocycles. The summed E-state index contributed by atoms with van der Waals surface area (Å²) in [6, 6.07) is 10.0. The van der Waals surface area contributed by atoms with Crippen molar-refractivity contribution in [1.82, 2.24) is 0 Å². The van der Waals surface area contributed by atoms with Crippen molar-refractivity contribution in [2.75, 3.05) is 6.61 Å². The maximum Gasteiger partial charge on any atom is 0.118 e. The molecule has 0 spiro atoms. The molecule has 1 N–H and O–H groups in total. The average Bonchev–Trinajstić information content (AvgIpc) is 2.57. The van der Waals surface area contributed by atoms with Gasteiger partial charge in [-0.25, -0.2) is 0 Å². The van der Waals surface area contributed by atoms with Crippen LogP contribution in [0.5, 0.6) is 0 Å². The summed E-state index contributed by atoms with van der Waals surface area (Å²) in [7, 11) is 0. The fourth-order valence-electron chi connectivity index (χ4n) is 2.63. The second-order valence-corrected chi connectivity index (χ2v) is 6.02. The molecule has 0 saturated heterocycles. The Bertz CT molecular complexity index is 540. The number of rotatable bonds is 9. The topological polar surface area (TPSA) is 29.5 Å². The molecule has 1 unspecified atom stereocenters. The van der Waals surface area contributed by atoms with Gasteiger partial charge in [0.2, 0.25) is 0 Å². The van der Waals surface area contributed by atoms with Gasteiger partial charge in [-0.3, -0.25) is 0 Å². The number of hydrogen-bond acceptors (Lipinski definition) is 2. The van der Waals surface area contributed by atoms with Crippen LogP contribution in [0.25, 0.3) is 6.08 Å². The minimum absolute atomic E-state index is 0.597. The Labute approximate surface area is 140 Å². The van der Waals surface area contributed by atoms with E-state index in [9.17, 15) is 5.11 Å². The lowest BCUT2D eigenvalue weighted by molar-refractivity contribution is 0.201. The highest BCUT2D eigenvalue weighted by Gasteiger charge is 2.12. The van der Waals surface area contributed by atoms with E-state index in [1.807, 2.05) is 48.6 Å². The van der Waals surface area contributed by atoms with Crippen LogP contribution in [0.4, 0.5) is 0 Å². The van der Waals surface area contributed by atoms with Gasteiger partial charge in [-0.2, -0.15) is 0 Å². The first-order valence-corrected chi connectivity index (χ1v) is 8.77. The molecule has 0 radical (unpaired) electrons. The molecule has 0 aromatic heterocycles. The minimum Gasteiger partial charge on any atom is -0.494 e. The zero-order chi connectivity index (χ0) is 16.3. The van der Waals surface area contributed by atoms with Crippen molar-refractivity contribution in [1.29, 1.82) is 0 Å². The molecule has 2 heteroatoms. The maximum atomic E-state index is 10.2. The molecule has 0 bridgehead atoms. The van der Waals surface area contributed by atoms with Gasteiger partial charge in [0, 0.05) is 0 Å². The summed E-state index contributed by atoms with van der Waals surface area (Å²) in [6.07, 6.45) is 14.6. The van der Waals surface area contributed by atoms with Crippen LogP contribution in [0, 0.1) is 0 Å². The molecule has 1 aliphatic rings. The Morgan fingerprint density at radius 1 is 1.00 bits per heavy atom. The Morgan fingerprint density at radius 2 is 1.74 bits per heavy atom. The van der Waals surface area contributed by atoms with Crippen LogP contribution >= 0.6 is 0 Å². The van der Waals surface area contributed by atoms with Crippen molar-refractivity contribution < 1.29 is 9.84 Å². The van der Waals surface area contributed by atoms with Gasteiger partial charge in [-0.1, -0.05) is 75.4 Å². The molecule has 1 aromatic rings. The molecule has 124 valence electrons. The summed E-state index contributed by atoms with van der Waals surface area (Å²) >= 11 is 0. The monoisotopic (exact) mass is 312 g/mol. The van der Waals surface area contributed by atoms with Gasteiger partial charge in [0.1, 0.15) is 11.9 Å². The van der Waals surface area contributed by atoms with Gasteiger partial charge in [0.25, 0.3) is 0 Å². The second-order valence-electron chi connectivity index (χ2n) is 6.02. The zero-order valence-corrected chi connectivity index (χ0v) is 14.1. The van der Waals surface area contributed by atoms with Crippen molar-refractivity contribution in [2.24, 2.45) is 0 Å². The highest BCUT2D eigenvalue weighted by molar-refractivity contribution is 5.59. The maximum absolute atomic E-state index is 10.2. The van der Waals surface area contributed by atoms with E-state index in [0.717, 1.165) is 29.9 Å². The van der Waals surface area contributed by atoms with E-state index in [0.29, 0.717) is 0 Å². The third kappa shape index (κ3) is 6.45. The molecule has 0 fully saturated rings. The number of hydrogen-bond donors (Lipinski definition) is 1. The summed E-state index contributed by atoms with van der Waals surface area (Å²) in [4.78, 5) is 0. The second kappa shape index (κ2) is 10.1. The first-order valence-electron chi connectivity index (χ1n) is 8.77. The van der Waals surface area contributed by atoms with Gasteiger partial charge < -0.3 is 9.84 Å². The predicted molar refractivity (Wildman–Crippen MR) is 97.0 cm³/mol. The van der Waals surface area contributed by atoms with E-state index < -0.39 is 6.10 Å². The van der Waals surface area contributed by atoms with E-state index in [-0.39, 0.29) is 0 Å². The molecular weight excluding hydrogens is 284 g/mol. The van der Waals surface area contributed by atoms with Crippen molar-refractivity contribution >= 4 is 6.08 Å². The summed E-state index contributed by atoms with van der Waals surface area (Å²) in [5.41, 5.74) is 1.99. The van der Waals surface area contributed by atoms with Gasteiger partial charge in [0.15, 0.2) is 0 Å². The number of aliphatic hydroxyl groups excluding tert-OH is 1. The molecule has 2 nitrogen and oxygen atoms in total. The Morgan fingerprint density at radius 3 is 2.48 bits per heavy atom. The van der Waals surface area contributed by atoms with E-state index in [2.05, 4.69) is 6.92 Å². The third-order valence-electron chi connectivity index (χ3n) is 4.00. The van der Waals surface area contributed by atoms with Gasteiger partial charge in [-0.15, -0.1) is 0 Å². The van der Waals surface area contributed by atoms with Gasteiger partial charge in [0.05, 0.1) is 6.61 Å². The van der Waals surface area contributed by atoms with E-state index >= 15 is 0 Å². The largest absolute Gasteiger partial charge is 0.494 e. The van der Waals surface area contributed by atoms with E-state index in [4.69, 9.17) is 4.74 Å². The summed E-state index contributed by atoms with van der Waals surface area (Å²) in [5, 5.41) is 10.2. The normalized spacial score (nSPS) is 19.0. The van der Waals surface area contributed by atoms with Crippen LogP contribution in [-0.2, 0) is 4.74 Å². The molecular formula is C21H28O2. The molecule has 0 saturated carbocycles. The number of aliphatic hydroxyl groups is 1. The molecule has 0 heterocycles. The van der Waals surface area contributed by atoms with E-state index in [1.165, 1.54) is 32.1 Å². The number of unbranched alkanes of at least 4 members (excludes halogenated alkanes) is 5. The molecule has 0 aliphatic heterocycles. The standard InChI is InChI=1S/C21H28O2/c1-2-3-4-5-6-10-15-23-20-14-13-19(21(22)17-20)16-18-11-8-7-9-12-18/h7-9,11-14,16-17,21-22H,2-6,10,15H2,1H3. The number of benzene rings is 1. The minimum atomic E-state index is -0.597. The lowest BCUT2D eigenvalue weighted by Crippen LogP contribution is -2.11. The SMILES string of the molecule is CCCCCCCCOC1=CC(O)C(=Cc2ccccc2)C=C1. The molecule has 2 rings (SSSR count). The lowest BCUT2D eigenvalue weighted by Gasteiger charge is -2.16. The third-order valence-corrected chi connectivity index (χ3v) is 4.00. The van der Waals surface area contributed by atoms with Crippen LogP contribution in [0.2, 0.25) is 0 Å². The predicted octanol–water partition coefficient (Wildman–Crippen LogP) is 5.26. The average molecular weight is 312 g/mol. The van der Waals surface area contributed by atoms with Crippen LogP contribution < -0.4 is 0 Å². The zero-order valence-electron chi connectivity index (χ0n) is 14.1. The lowest BCUT2D eigenvalue weighted by atomic mass is 10.0. The summed E-state index contributed by atoms with van der Waals surface area (Å²) < 4.78 is 5.75. The van der Waals surface area contributed by atoms with E-state index in [1.54, 1.807) is 6.08 Å². The molecule has 1 aromatic carbocycles. The van der Waals surface area contributed by atoms with Crippen molar-refractivity contribution in [3.63, 3.8) is 0 Å². The Kier molecular flexibility index (Phi) is 7.68. The fourth-order valence-corrected chi connectivity index (χ4v) is 2.63. The van der Waals surface area contributed by atoms with Gasteiger partial charge in [-0.05, 0) is 35.8 Å². The first-order chi connectivity index (χ1) is 11.3. The Balaban J connectivity index is 1.74. The summed E-state index contributed by atoms with van der Waals surface area (Å²) in [6.45, 7) is 2.96. The number of allylic oxidation sites excluding steroid dienone is 1. The van der Waals surface area contributed by atoms with Crippen LogP contribution in [-0.4, -0.2) is 17.8 Å². The Hall–Kier alpha value is -1.80. The highest BCUT2D eigenvalue weighted by Crippen LogP contribution is 2.20. The van der Waals surface area contributed by atoms with Crippen LogP contribution in [0.15, 0.2) is 59.9 Å². The molecule has 0 amide bonds. The molecule has 23 heavy (non-hydrogen) atoms. The first kappa shape index (κ1) is 17.6. The molecule has 1 atom stereocenters. The van der Waals surface area contributed by atoms with Crippen molar-refractivity contribution in [2.45, 2.75) is 51.6 Å². The number of ether oxygens (including phenoxy) is 1. The smallest absolute Gasteiger partial charge is 0.118 e. The van der Waals surface area contributed by atoms with Crippen LogP contribution in [0.3, 0.4) is 0 Å². The van der Waals surface area contributed by atoms with Gasteiger partial charge >= 0.3 is 0 Å². The highest BCUT2D eigenvalue weighted by atomic mass is 16.5. The van der Waals surface area contributed by atoms with Crippen LogP contribution in [0.1, 0.15) is 51.0 Å². The van der Waals surface area contributed by atoms with Crippen molar-refractivity contribution in [3.8, 4) is 0 Å². The quantitative estimate of drug-likeness (QED) is 0.630. The van der Waals surface area contributed by atoms with Crippen molar-refractivity contribution in [3.05, 3.63) is 65.5 Å².